The first kappa shape index (κ1) is 36.4. The number of aryl methyl sites for hydroxylation is 2. The molecule has 2 aromatic heterocycles. The van der Waals surface area contributed by atoms with E-state index in [0.29, 0.717) is 25.7 Å². The summed E-state index contributed by atoms with van der Waals surface area (Å²) >= 11 is 4.51. The van der Waals surface area contributed by atoms with E-state index in [0.717, 1.165) is 55.3 Å². The predicted octanol–water partition coefficient (Wildman–Crippen LogP) is 7.39. The molecule has 2 aromatic carbocycles. The van der Waals surface area contributed by atoms with Crippen LogP contribution in [0.15, 0.2) is 85.2 Å². The molecular weight excluding hydrogens is 886 g/mol. The zero-order chi connectivity index (χ0) is 36.2. The van der Waals surface area contributed by atoms with E-state index in [-0.39, 0.29) is 48.9 Å². The number of rotatable bonds is 8. The van der Waals surface area contributed by atoms with Gasteiger partial charge in [0.15, 0.2) is 0 Å². The van der Waals surface area contributed by atoms with Crippen LogP contribution in [-0.4, -0.2) is 69.1 Å². The lowest BCUT2D eigenvalue weighted by atomic mass is 10.0. The Morgan fingerprint density at radius 1 is 0.654 bits per heavy atom. The molecule has 10 nitrogen and oxygen atoms in total. The third-order valence-corrected chi connectivity index (χ3v) is 11.3. The summed E-state index contributed by atoms with van der Waals surface area (Å²) in [6.07, 6.45) is 8.17. The molecule has 0 bridgehead atoms. The first-order valence-corrected chi connectivity index (χ1v) is 19.7. The molecule has 2 aliphatic heterocycles. The summed E-state index contributed by atoms with van der Waals surface area (Å²) in [7, 11) is 0. The van der Waals surface area contributed by atoms with E-state index in [1.54, 1.807) is 0 Å². The van der Waals surface area contributed by atoms with Gasteiger partial charge in [-0.3, -0.25) is 19.6 Å². The monoisotopic (exact) mass is 924 g/mol. The number of imide groups is 2. The third kappa shape index (κ3) is 8.32. The molecule has 4 amide bonds. The van der Waals surface area contributed by atoms with E-state index in [9.17, 15) is 19.2 Å². The van der Waals surface area contributed by atoms with Gasteiger partial charge in [-0.1, -0.05) is 60.7 Å². The summed E-state index contributed by atoms with van der Waals surface area (Å²) in [5, 5.41) is 0. The zero-order valence-corrected chi connectivity index (χ0v) is 32.8. The van der Waals surface area contributed by atoms with Gasteiger partial charge in [0, 0.05) is 55.6 Å². The van der Waals surface area contributed by atoms with Crippen molar-refractivity contribution in [3.63, 3.8) is 0 Å². The number of cyclic esters (lactones) is 2. The van der Waals surface area contributed by atoms with Crippen LogP contribution in [0.5, 0.6) is 0 Å². The van der Waals surface area contributed by atoms with Crippen LogP contribution < -0.4 is 0 Å². The largest absolute Gasteiger partial charge is 0.447 e. The number of fused-ring (bicyclic) bond motifs is 2. The van der Waals surface area contributed by atoms with E-state index >= 15 is 0 Å². The van der Waals surface area contributed by atoms with Gasteiger partial charge in [0.25, 0.3) is 0 Å². The number of amides is 4. The molecule has 0 unspecified atom stereocenters. The molecule has 52 heavy (non-hydrogen) atoms. The molecule has 0 spiro atoms. The molecule has 0 radical (unpaired) electrons. The van der Waals surface area contributed by atoms with Gasteiger partial charge in [-0.05, 0) is 118 Å². The van der Waals surface area contributed by atoms with Crippen LogP contribution in [0.2, 0.25) is 0 Å². The van der Waals surface area contributed by atoms with Crippen LogP contribution >= 0.6 is 45.2 Å². The smallest absolute Gasteiger partial charge is 0.416 e. The Kier molecular flexibility index (Phi) is 11.5. The minimum absolute atomic E-state index is 0.0836. The molecule has 0 saturated carbocycles. The van der Waals surface area contributed by atoms with Crippen molar-refractivity contribution in [1.82, 2.24) is 19.8 Å². The van der Waals surface area contributed by atoms with Crippen molar-refractivity contribution >= 4 is 69.2 Å². The lowest BCUT2D eigenvalue weighted by molar-refractivity contribution is -0.130. The molecule has 4 aromatic rings. The molecular formula is C40H38I2N4O6. The third-order valence-electron chi connectivity index (χ3n) is 10.2. The molecule has 2 fully saturated rings. The van der Waals surface area contributed by atoms with Crippen molar-refractivity contribution in [3.8, 4) is 0 Å². The number of carbonyl (C=O) groups excluding carboxylic acids is 4. The highest BCUT2D eigenvalue weighted by molar-refractivity contribution is 14.1. The van der Waals surface area contributed by atoms with Crippen molar-refractivity contribution in [1.29, 1.82) is 0 Å². The van der Waals surface area contributed by atoms with Crippen LogP contribution in [0.4, 0.5) is 9.59 Å². The normalized spacial score (nSPS) is 21.6. The predicted molar refractivity (Wildman–Crippen MR) is 210 cm³/mol. The summed E-state index contributed by atoms with van der Waals surface area (Å²) in [5.41, 5.74) is 6.64. The first-order chi connectivity index (χ1) is 25.2. The average Bonchev–Trinajstić information content (AvgIpc) is 3.91. The number of carbonyl (C=O) groups is 4. The first-order valence-electron chi connectivity index (χ1n) is 17.6. The summed E-state index contributed by atoms with van der Waals surface area (Å²) in [5.74, 6) is -0.154. The SMILES string of the molecule is O=C(C[C@@H]1CCc2cc(I)cnc21)N1C(=O)OC[C@@H]1Cc1ccccc1.O=C(C[C@H]1CCc2cc(I)cnc21)N1C(=O)OC[C@@H]1Cc1ccccc1. The summed E-state index contributed by atoms with van der Waals surface area (Å²) in [6, 6.07) is 23.6. The van der Waals surface area contributed by atoms with Crippen molar-refractivity contribution in [3.05, 3.63) is 126 Å². The van der Waals surface area contributed by atoms with E-state index in [4.69, 9.17) is 9.47 Å². The molecule has 12 heteroatoms. The van der Waals surface area contributed by atoms with Crippen LogP contribution in [0.25, 0.3) is 0 Å². The van der Waals surface area contributed by atoms with Gasteiger partial charge < -0.3 is 9.47 Å². The van der Waals surface area contributed by atoms with Crippen molar-refractivity contribution in [2.24, 2.45) is 0 Å². The van der Waals surface area contributed by atoms with E-state index in [1.165, 1.54) is 20.9 Å². The second kappa shape index (κ2) is 16.4. The number of pyridine rings is 2. The maximum absolute atomic E-state index is 12.9. The standard InChI is InChI=1S/2C20H19IN2O3/c2*21-16-9-14-6-7-15(19(14)22-11-16)10-18(24)23-17(12-26-20(23)25)8-13-4-2-1-3-5-13/h2*1-5,9,11,15,17H,6-8,10,12H2/t15-,17+;15-,17-/m10/s1. The van der Waals surface area contributed by atoms with Crippen LogP contribution in [0, 0.1) is 7.14 Å². The quantitative estimate of drug-likeness (QED) is 0.168. The van der Waals surface area contributed by atoms with Gasteiger partial charge in [-0.2, -0.15) is 0 Å². The van der Waals surface area contributed by atoms with Gasteiger partial charge in [0.2, 0.25) is 11.8 Å². The van der Waals surface area contributed by atoms with Crippen molar-refractivity contribution < 1.29 is 28.7 Å². The fourth-order valence-corrected chi connectivity index (χ4v) is 8.70. The van der Waals surface area contributed by atoms with E-state index in [1.807, 2.05) is 73.1 Å². The van der Waals surface area contributed by atoms with Gasteiger partial charge in [0.1, 0.15) is 13.2 Å². The van der Waals surface area contributed by atoms with Gasteiger partial charge in [-0.15, -0.1) is 0 Å². The second-order valence-corrected chi connectivity index (χ2v) is 16.1. The Morgan fingerprint density at radius 3 is 1.46 bits per heavy atom. The fraction of sp³-hybridized carbons (Fsp3) is 0.350. The molecule has 0 N–H and O–H groups in total. The summed E-state index contributed by atoms with van der Waals surface area (Å²) in [6.45, 7) is 0.522. The molecule has 268 valence electrons. The lowest BCUT2D eigenvalue weighted by Gasteiger charge is -2.21. The van der Waals surface area contributed by atoms with Crippen LogP contribution in [0.3, 0.4) is 0 Å². The Balaban J connectivity index is 0.000000162. The molecule has 2 saturated heterocycles. The maximum atomic E-state index is 12.9. The Bertz CT molecular complexity index is 1820. The van der Waals surface area contributed by atoms with Gasteiger partial charge in [0.05, 0.1) is 12.1 Å². The number of aromatic nitrogens is 2. The zero-order valence-electron chi connectivity index (χ0n) is 28.5. The molecule has 4 aliphatic rings. The Hall–Kier alpha value is -3.92. The van der Waals surface area contributed by atoms with Gasteiger partial charge in [-0.25, -0.2) is 19.4 Å². The minimum Gasteiger partial charge on any atom is -0.447 e. The topological polar surface area (TPSA) is 119 Å². The number of hydrogen-bond acceptors (Lipinski definition) is 8. The highest BCUT2D eigenvalue weighted by Crippen LogP contribution is 2.37. The number of ether oxygens (including phenoxy) is 2. The Morgan fingerprint density at radius 2 is 1.06 bits per heavy atom. The van der Waals surface area contributed by atoms with Gasteiger partial charge >= 0.3 is 12.2 Å². The Labute approximate surface area is 330 Å². The van der Waals surface area contributed by atoms with Crippen LogP contribution in [-0.2, 0) is 44.7 Å². The van der Waals surface area contributed by atoms with E-state index < -0.39 is 12.2 Å². The summed E-state index contributed by atoms with van der Waals surface area (Å²) < 4.78 is 12.6. The average molecular weight is 925 g/mol. The molecule has 2 aliphatic carbocycles. The molecule has 8 rings (SSSR count). The highest BCUT2D eigenvalue weighted by atomic mass is 127. The van der Waals surface area contributed by atoms with Crippen molar-refractivity contribution in [2.45, 2.75) is 75.3 Å². The van der Waals surface area contributed by atoms with Crippen molar-refractivity contribution in [2.75, 3.05) is 13.2 Å². The minimum atomic E-state index is -0.523. The summed E-state index contributed by atoms with van der Waals surface area (Å²) in [4.78, 5) is 61.8. The number of benzene rings is 2. The number of hydrogen-bond donors (Lipinski definition) is 0. The number of halogens is 2. The second-order valence-electron chi connectivity index (χ2n) is 13.6. The van der Waals surface area contributed by atoms with E-state index in [2.05, 4.69) is 67.3 Å². The highest BCUT2D eigenvalue weighted by Gasteiger charge is 2.41. The fourth-order valence-electron chi connectivity index (χ4n) is 7.67. The molecule has 4 heterocycles. The van der Waals surface area contributed by atoms with Crippen LogP contribution in [0.1, 0.15) is 71.2 Å². The lowest BCUT2D eigenvalue weighted by Crippen LogP contribution is -2.40. The maximum Gasteiger partial charge on any atom is 0.416 e. The molecule has 4 atom stereocenters. The number of nitrogens with zero attached hydrogens (tertiary/aromatic N) is 4.